The van der Waals surface area contributed by atoms with Crippen molar-refractivity contribution in [3.05, 3.63) is 47.0 Å². The first kappa shape index (κ1) is 26.7. The van der Waals surface area contributed by atoms with E-state index in [1.54, 1.807) is 30.3 Å². The van der Waals surface area contributed by atoms with Crippen molar-refractivity contribution in [2.75, 3.05) is 19.4 Å². The number of amides is 3. The second kappa shape index (κ2) is 11.0. The van der Waals surface area contributed by atoms with Crippen molar-refractivity contribution in [2.24, 2.45) is 5.16 Å². The molecule has 2 atom stereocenters. The third-order valence-electron chi connectivity index (χ3n) is 4.31. The molecular formula is C17H17N6NaO7S2. The largest absolute Gasteiger partial charge is 1.00 e. The molecule has 33 heavy (non-hydrogen) atoms. The number of aromatic nitrogens is 1. The normalized spacial score (nSPS) is 16.8. The van der Waals surface area contributed by atoms with Gasteiger partial charge >= 0.3 is 29.6 Å². The minimum absolute atomic E-state index is 0. The second-order valence-electron chi connectivity index (χ2n) is 6.40. The number of nitrogens with one attached hydrogen (secondary N) is 2. The summed E-state index contributed by atoms with van der Waals surface area (Å²) in [5.41, 5.74) is 5.86. The summed E-state index contributed by atoms with van der Waals surface area (Å²) in [5, 5.41) is 10.1. The number of nitrogen functional groups attached to an aromatic ring is 1. The van der Waals surface area contributed by atoms with Gasteiger partial charge in [0.2, 0.25) is 5.91 Å². The summed E-state index contributed by atoms with van der Waals surface area (Å²) in [7, 11) is -3.73. The Labute approximate surface area is 214 Å². The zero-order valence-corrected chi connectivity index (χ0v) is 21.1. The number of oxime groups is 1. The van der Waals surface area contributed by atoms with Crippen LogP contribution in [0, 0.1) is 0 Å². The standard InChI is InChI=1S/C17H18N6O7S2.Na/c1-30-22-13(11-8-31-17(18)20-11)15(25)21-12(9-5-3-2-4-6-9)14(24)19-10-7-23(16(10)26)32(27,28)29;/h2-6,8,10,12H,7H2,1H3,(H2,18,20)(H,19,24)(H,21,25)(H,27,28,29);/q;+1/p-1/b22-13-;. The maximum atomic E-state index is 12.9. The van der Waals surface area contributed by atoms with Crippen molar-refractivity contribution >= 4 is 50.2 Å². The number of anilines is 1. The molecule has 2 heterocycles. The van der Waals surface area contributed by atoms with E-state index in [0.29, 0.717) is 5.56 Å². The van der Waals surface area contributed by atoms with Crippen molar-refractivity contribution < 1.29 is 61.7 Å². The molecule has 0 radical (unpaired) electrons. The molecule has 1 fully saturated rings. The summed E-state index contributed by atoms with van der Waals surface area (Å²) in [4.78, 5) is 46.3. The van der Waals surface area contributed by atoms with Crippen LogP contribution in [0.2, 0.25) is 0 Å². The van der Waals surface area contributed by atoms with Crippen LogP contribution in [0.15, 0.2) is 40.9 Å². The van der Waals surface area contributed by atoms with Crippen LogP contribution in [0.1, 0.15) is 17.3 Å². The molecule has 1 aliphatic rings. The van der Waals surface area contributed by atoms with E-state index in [9.17, 15) is 27.4 Å². The SMILES string of the molecule is CO/N=C(\C(=O)NC(C(=O)NC1CN(S(=O)(=O)[O-])C1=O)c1ccccc1)c1csc(N)n1.[Na+]. The number of carbonyl (C=O) groups excluding carboxylic acids is 3. The first-order valence-electron chi connectivity index (χ1n) is 8.88. The molecule has 0 aliphatic carbocycles. The van der Waals surface area contributed by atoms with Gasteiger partial charge in [-0.25, -0.2) is 17.7 Å². The quantitative estimate of drug-likeness (QED) is 0.105. The number of carbonyl (C=O) groups is 3. The molecule has 2 unspecified atom stereocenters. The molecular weight excluding hydrogens is 487 g/mol. The van der Waals surface area contributed by atoms with Gasteiger partial charge in [0.25, 0.3) is 11.8 Å². The van der Waals surface area contributed by atoms with E-state index in [0.717, 1.165) is 11.3 Å². The average Bonchev–Trinajstić information content (AvgIpc) is 3.17. The predicted octanol–water partition coefficient (Wildman–Crippen LogP) is -4.28. The fourth-order valence-electron chi connectivity index (χ4n) is 2.80. The van der Waals surface area contributed by atoms with Gasteiger partial charge < -0.3 is 25.8 Å². The number of nitrogens with two attached hydrogens (primary N) is 1. The van der Waals surface area contributed by atoms with E-state index < -0.39 is 46.7 Å². The number of hydrogen-bond donors (Lipinski definition) is 3. The second-order valence-corrected chi connectivity index (χ2v) is 8.58. The fourth-order valence-corrected chi connectivity index (χ4v) is 4.02. The summed E-state index contributed by atoms with van der Waals surface area (Å²) in [6, 6.07) is 5.58. The predicted molar refractivity (Wildman–Crippen MR) is 111 cm³/mol. The van der Waals surface area contributed by atoms with E-state index in [1.807, 2.05) is 0 Å². The maximum absolute atomic E-state index is 12.9. The summed E-state index contributed by atoms with van der Waals surface area (Å²) >= 11 is 1.07. The Morgan fingerprint density at radius 1 is 1.36 bits per heavy atom. The van der Waals surface area contributed by atoms with Gasteiger partial charge in [0.1, 0.15) is 24.9 Å². The average molecular weight is 504 g/mol. The number of rotatable bonds is 8. The van der Waals surface area contributed by atoms with Crippen LogP contribution in [-0.2, 0) is 29.5 Å². The molecule has 0 spiro atoms. The molecule has 13 nitrogen and oxygen atoms in total. The topological polar surface area (TPSA) is 196 Å². The molecule has 0 bridgehead atoms. The van der Waals surface area contributed by atoms with E-state index in [2.05, 4.69) is 20.8 Å². The van der Waals surface area contributed by atoms with Crippen LogP contribution >= 0.6 is 11.3 Å². The zero-order valence-electron chi connectivity index (χ0n) is 17.4. The molecule has 2 aromatic rings. The monoisotopic (exact) mass is 504 g/mol. The first-order valence-corrected chi connectivity index (χ1v) is 11.1. The minimum Gasteiger partial charge on any atom is -0.731 e. The number of thiazole rings is 1. The molecule has 1 saturated heterocycles. The van der Waals surface area contributed by atoms with Crippen molar-refractivity contribution in [1.29, 1.82) is 0 Å². The Bertz CT molecular complexity index is 1170. The minimum atomic E-state index is -4.95. The van der Waals surface area contributed by atoms with Gasteiger partial charge in [-0.2, -0.15) is 0 Å². The summed E-state index contributed by atoms with van der Waals surface area (Å²) < 4.78 is 33.0. The number of nitrogens with zero attached hydrogens (tertiary/aromatic N) is 3. The van der Waals surface area contributed by atoms with E-state index in [1.165, 1.54) is 12.5 Å². The van der Waals surface area contributed by atoms with Crippen LogP contribution in [0.25, 0.3) is 0 Å². The van der Waals surface area contributed by atoms with Gasteiger partial charge in [0, 0.05) is 5.38 Å². The fraction of sp³-hybridized carbons (Fsp3) is 0.235. The van der Waals surface area contributed by atoms with Crippen molar-refractivity contribution in [1.82, 2.24) is 19.9 Å². The van der Waals surface area contributed by atoms with Crippen LogP contribution in [0.3, 0.4) is 0 Å². The molecule has 3 amide bonds. The molecule has 1 aromatic heterocycles. The van der Waals surface area contributed by atoms with E-state index in [4.69, 9.17) is 10.6 Å². The van der Waals surface area contributed by atoms with Gasteiger partial charge in [-0.05, 0) is 5.56 Å². The summed E-state index contributed by atoms with van der Waals surface area (Å²) in [6.07, 6.45) is 0. The van der Waals surface area contributed by atoms with Crippen LogP contribution in [-0.4, -0.2) is 65.4 Å². The third kappa shape index (κ3) is 6.27. The van der Waals surface area contributed by atoms with Gasteiger partial charge in [0.05, 0.1) is 6.54 Å². The van der Waals surface area contributed by atoms with Gasteiger partial charge in [-0.1, -0.05) is 35.5 Å². The number of hydrogen-bond acceptors (Lipinski definition) is 11. The van der Waals surface area contributed by atoms with Crippen molar-refractivity contribution in [3.63, 3.8) is 0 Å². The maximum Gasteiger partial charge on any atom is 1.00 e. The first-order chi connectivity index (χ1) is 15.1. The Hall–Kier alpha value is -2.56. The number of β-lactam (4-membered cyclic amide) rings is 1. The van der Waals surface area contributed by atoms with E-state index >= 15 is 0 Å². The van der Waals surface area contributed by atoms with Crippen LogP contribution in [0.4, 0.5) is 5.13 Å². The van der Waals surface area contributed by atoms with Crippen LogP contribution in [0.5, 0.6) is 0 Å². The smallest absolute Gasteiger partial charge is 0.731 e. The Morgan fingerprint density at radius 2 is 2.03 bits per heavy atom. The zero-order chi connectivity index (χ0) is 23.5. The molecule has 1 aliphatic heterocycles. The molecule has 1 aromatic carbocycles. The Balaban J connectivity index is 0.00000385. The van der Waals surface area contributed by atoms with Gasteiger partial charge in [-0.15, -0.1) is 11.3 Å². The molecule has 16 heteroatoms. The molecule has 4 N–H and O–H groups in total. The molecule has 0 saturated carbocycles. The number of benzene rings is 1. The molecule has 170 valence electrons. The van der Waals surface area contributed by atoms with Gasteiger partial charge in [-0.3, -0.25) is 14.4 Å². The molecule has 3 rings (SSSR count). The van der Waals surface area contributed by atoms with Crippen molar-refractivity contribution in [3.8, 4) is 0 Å². The summed E-state index contributed by atoms with van der Waals surface area (Å²) in [6.45, 7) is -0.500. The summed E-state index contributed by atoms with van der Waals surface area (Å²) in [5.74, 6) is -2.68. The van der Waals surface area contributed by atoms with Gasteiger partial charge in [0.15, 0.2) is 21.1 Å². The Morgan fingerprint density at radius 3 is 2.55 bits per heavy atom. The Kier molecular flexibility index (Phi) is 8.93. The van der Waals surface area contributed by atoms with Crippen LogP contribution < -0.4 is 45.9 Å². The third-order valence-corrected chi connectivity index (χ3v) is 5.85. The van der Waals surface area contributed by atoms with E-state index in [-0.39, 0.29) is 50.4 Å². The van der Waals surface area contributed by atoms with Crippen molar-refractivity contribution in [2.45, 2.75) is 12.1 Å².